The monoisotopic (exact) mass is 422 g/mol. The van der Waals surface area contributed by atoms with Crippen molar-refractivity contribution in [1.82, 2.24) is 15.1 Å². The summed E-state index contributed by atoms with van der Waals surface area (Å²) in [6.07, 6.45) is 1.64. The Morgan fingerprint density at radius 3 is 2.32 bits per heavy atom. The molecule has 0 spiro atoms. The van der Waals surface area contributed by atoms with E-state index in [0.717, 1.165) is 31.6 Å². The molecule has 3 amide bonds. The smallest absolute Gasteiger partial charge is 0.321 e. The molecule has 2 aromatic carbocycles. The van der Waals surface area contributed by atoms with Crippen molar-refractivity contribution in [1.29, 1.82) is 0 Å². The topological polar surface area (TPSA) is 64.7 Å². The summed E-state index contributed by atoms with van der Waals surface area (Å²) in [5.74, 6) is -0.145. The van der Waals surface area contributed by atoms with Crippen LogP contribution in [0.25, 0.3) is 0 Å². The van der Waals surface area contributed by atoms with Crippen LogP contribution in [-0.4, -0.2) is 54.5 Å². The van der Waals surface area contributed by atoms with Crippen molar-refractivity contribution < 1.29 is 9.59 Å². The number of para-hydroxylation sites is 1. The predicted octanol–water partition coefficient (Wildman–Crippen LogP) is 4.13. The molecule has 1 heterocycles. The third-order valence-electron chi connectivity index (χ3n) is 6.01. The minimum Gasteiger partial charge on any atom is -0.354 e. The van der Waals surface area contributed by atoms with Crippen molar-refractivity contribution in [2.24, 2.45) is 5.92 Å². The van der Waals surface area contributed by atoms with E-state index in [1.54, 1.807) is 4.90 Å². The minimum atomic E-state index is -0.177. The summed E-state index contributed by atoms with van der Waals surface area (Å²) in [7, 11) is 0. The van der Waals surface area contributed by atoms with Crippen molar-refractivity contribution in [3.63, 3.8) is 0 Å². The first kappa shape index (κ1) is 22.8. The van der Waals surface area contributed by atoms with Crippen LogP contribution < -0.4 is 10.6 Å². The second-order valence-electron chi connectivity index (χ2n) is 7.97. The van der Waals surface area contributed by atoms with Gasteiger partial charge < -0.3 is 15.5 Å². The zero-order valence-electron chi connectivity index (χ0n) is 18.6. The van der Waals surface area contributed by atoms with Gasteiger partial charge in [-0.2, -0.15) is 0 Å². The van der Waals surface area contributed by atoms with Crippen molar-refractivity contribution in [3.8, 4) is 0 Å². The van der Waals surface area contributed by atoms with Gasteiger partial charge in [0.05, 0.1) is 12.0 Å². The van der Waals surface area contributed by atoms with Crippen molar-refractivity contribution in [3.05, 3.63) is 66.2 Å². The quantitative estimate of drug-likeness (QED) is 0.672. The van der Waals surface area contributed by atoms with Gasteiger partial charge in [-0.05, 0) is 43.6 Å². The van der Waals surface area contributed by atoms with E-state index in [4.69, 9.17) is 0 Å². The average Bonchev–Trinajstić information content (AvgIpc) is 2.83. The number of hydrogen-bond acceptors (Lipinski definition) is 3. The molecular weight excluding hydrogens is 388 g/mol. The van der Waals surface area contributed by atoms with Gasteiger partial charge in [0.25, 0.3) is 0 Å². The molecule has 6 heteroatoms. The van der Waals surface area contributed by atoms with E-state index in [1.807, 2.05) is 48.5 Å². The van der Waals surface area contributed by atoms with Crippen molar-refractivity contribution >= 4 is 17.6 Å². The van der Waals surface area contributed by atoms with E-state index in [9.17, 15) is 9.59 Å². The number of urea groups is 1. The molecule has 1 saturated heterocycles. The molecule has 0 saturated carbocycles. The van der Waals surface area contributed by atoms with E-state index >= 15 is 0 Å². The van der Waals surface area contributed by atoms with Gasteiger partial charge in [-0.1, -0.05) is 62.4 Å². The second-order valence-corrected chi connectivity index (χ2v) is 7.97. The first-order chi connectivity index (χ1) is 15.1. The first-order valence-electron chi connectivity index (χ1n) is 11.3. The number of anilines is 1. The van der Waals surface area contributed by atoms with E-state index in [0.29, 0.717) is 19.6 Å². The van der Waals surface area contributed by atoms with Crippen LogP contribution in [0.2, 0.25) is 0 Å². The third-order valence-corrected chi connectivity index (χ3v) is 6.01. The normalized spacial score (nSPS) is 17.3. The molecule has 1 fully saturated rings. The maximum absolute atomic E-state index is 13.0. The van der Waals surface area contributed by atoms with Crippen LogP contribution in [0, 0.1) is 5.92 Å². The van der Waals surface area contributed by atoms with Crippen LogP contribution in [0.5, 0.6) is 0 Å². The number of likely N-dealkylation sites (tertiary alicyclic amines) is 1. The SMILES string of the molecule is CCN(CC)[C@H](CNC(=O)[C@H]1CCCN(C(=O)Nc2ccccc2)C1)c1ccccc1. The van der Waals surface area contributed by atoms with E-state index in [1.165, 1.54) is 5.56 Å². The van der Waals surface area contributed by atoms with Crippen LogP contribution in [0.4, 0.5) is 10.5 Å². The van der Waals surface area contributed by atoms with Gasteiger partial charge in [0.15, 0.2) is 0 Å². The van der Waals surface area contributed by atoms with Gasteiger partial charge >= 0.3 is 6.03 Å². The summed E-state index contributed by atoms with van der Waals surface area (Å²) in [5.41, 5.74) is 1.98. The highest BCUT2D eigenvalue weighted by Gasteiger charge is 2.29. The van der Waals surface area contributed by atoms with Crippen molar-refractivity contribution in [2.45, 2.75) is 32.7 Å². The Hall–Kier alpha value is -2.86. The number of nitrogens with one attached hydrogen (secondary N) is 2. The number of amides is 3. The molecule has 1 aliphatic rings. The fourth-order valence-electron chi connectivity index (χ4n) is 4.24. The van der Waals surface area contributed by atoms with E-state index < -0.39 is 0 Å². The Balaban J connectivity index is 1.58. The van der Waals surface area contributed by atoms with Crippen LogP contribution >= 0.6 is 0 Å². The molecule has 2 N–H and O–H groups in total. The maximum atomic E-state index is 13.0. The van der Waals surface area contributed by atoms with E-state index in [2.05, 4.69) is 41.5 Å². The zero-order chi connectivity index (χ0) is 22.1. The molecule has 31 heavy (non-hydrogen) atoms. The molecule has 0 unspecified atom stereocenters. The molecule has 6 nitrogen and oxygen atoms in total. The highest BCUT2D eigenvalue weighted by Crippen LogP contribution is 2.21. The Kier molecular flexibility index (Phi) is 8.47. The highest BCUT2D eigenvalue weighted by molar-refractivity contribution is 5.90. The number of piperidine rings is 1. The maximum Gasteiger partial charge on any atom is 0.321 e. The number of nitrogens with zero attached hydrogens (tertiary/aromatic N) is 2. The molecule has 0 aliphatic carbocycles. The summed E-state index contributed by atoms with van der Waals surface area (Å²) >= 11 is 0. The lowest BCUT2D eigenvalue weighted by molar-refractivity contribution is -0.126. The number of carbonyl (C=O) groups is 2. The van der Waals surface area contributed by atoms with Crippen LogP contribution in [0.1, 0.15) is 38.3 Å². The van der Waals surface area contributed by atoms with Gasteiger partial charge in [-0.15, -0.1) is 0 Å². The summed E-state index contributed by atoms with van der Waals surface area (Å²) in [4.78, 5) is 29.7. The number of rotatable bonds is 8. The summed E-state index contributed by atoms with van der Waals surface area (Å²) in [6, 6.07) is 19.7. The molecule has 2 aromatic rings. The van der Waals surface area contributed by atoms with Gasteiger partial charge in [-0.25, -0.2) is 4.79 Å². The Morgan fingerprint density at radius 2 is 1.68 bits per heavy atom. The highest BCUT2D eigenvalue weighted by atomic mass is 16.2. The second kappa shape index (κ2) is 11.5. The van der Waals surface area contributed by atoms with E-state index in [-0.39, 0.29) is 23.9 Å². The minimum absolute atomic E-state index is 0.0327. The Bertz CT molecular complexity index is 824. The fraction of sp³-hybridized carbons (Fsp3) is 0.440. The summed E-state index contributed by atoms with van der Waals surface area (Å²) < 4.78 is 0. The van der Waals surface area contributed by atoms with Gasteiger partial charge in [0.1, 0.15) is 0 Å². The molecule has 1 aliphatic heterocycles. The van der Waals surface area contributed by atoms with Crippen LogP contribution in [-0.2, 0) is 4.79 Å². The molecule has 166 valence electrons. The average molecular weight is 423 g/mol. The molecular formula is C25H34N4O2. The fourth-order valence-corrected chi connectivity index (χ4v) is 4.24. The molecule has 2 atom stereocenters. The lowest BCUT2D eigenvalue weighted by Crippen LogP contribution is -2.48. The molecule has 0 bridgehead atoms. The third kappa shape index (κ3) is 6.31. The molecule has 3 rings (SSSR count). The van der Waals surface area contributed by atoms with Gasteiger partial charge in [0, 0.05) is 25.3 Å². The van der Waals surface area contributed by atoms with Gasteiger partial charge in [0.2, 0.25) is 5.91 Å². The zero-order valence-corrected chi connectivity index (χ0v) is 18.6. The van der Waals surface area contributed by atoms with Crippen LogP contribution in [0.15, 0.2) is 60.7 Å². The summed E-state index contributed by atoms with van der Waals surface area (Å²) in [6.45, 7) is 7.82. The predicted molar refractivity (Wildman–Crippen MR) is 125 cm³/mol. The number of hydrogen-bond donors (Lipinski definition) is 2. The number of carbonyl (C=O) groups excluding carboxylic acids is 2. The number of benzene rings is 2. The molecule has 0 radical (unpaired) electrons. The standard InChI is InChI=1S/C25H34N4O2/c1-3-28(4-2)23(20-12-7-5-8-13-20)18-26-24(30)21-14-11-17-29(19-21)25(31)27-22-15-9-6-10-16-22/h5-10,12-13,15-16,21,23H,3-4,11,14,17-19H2,1-2H3,(H,26,30)(H,27,31)/t21-,23+/m0/s1. The first-order valence-corrected chi connectivity index (χ1v) is 11.3. The lowest BCUT2D eigenvalue weighted by Gasteiger charge is -2.34. The Labute approximate surface area is 185 Å². The van der Waals surface area contributed by atoms with Gasteiger partial charge in [-0.3, -0.25) is 9.69 Å². The molecule has 0 aromatic heterocycles. The Morgan fingerprint density at radius 1 is 1.03 bits per heavy atom. The summed E-state index contributed by atoms with van der Waals surface area (Å²) in [5, 5.41) is 6.09. The van der Waals surface area contributed by atoms with Crippen molar-refractivity contribution in [2.75, 3.05) is 38.0 Å². The number of likely N-dealkylation sites (N-methyl/N-ethyl adjacent to an activating group) is 1. The lowest BCUT2D eigenvalue weighted by atomic mass is 9.97. The van der Waals surface area contributed by atoms with Crippen LogP contribution in [0.3, 0.4) is 0 Å². The largest absolute Gasteiger partial charge is 0.354 e.